The van der Waals surface area contributed by atoms with Crippen LogP contribution in [0.15, 0.2) is 12.4 Å². The molecule has 1 fully saturated rings. The molecule has 3 heteroatoms. The molecule has 0 saturated carbocycles. The summed E-state index contributed by atoms with van der Waals surface area (Å²) in [5.41, 5.74) is 0. The molecule has 0 aliphatic carbocycles. The summed E-state index contributed by atoms with van der Waals surface area (Å²) in [6, 6.07) is 0. The fourth-order valence-electron chi connectivity index (χ4n) is 2.19. The van der Waals surface area contributed by atoms with E-state index in [0.29, 0.717) is 0 Å². The first-order chi connectivity index (χ1) is 6.88. The highest BCUT2D eigenvalue weighted by Gasteiger charge is 2.18. The minimum absolute atomic E-state index is 0.837. The molecule has 0 aromatic carbocycles. The number of aromatic nitrogens is 2. The molecular formula is C11H19N3. The maximum Gasteiger partial charge on any atom is 0.106 e. The largest absolute Gasteiger partial charge is 0.349 e. The summed E-state index contributed by atoms with van der Waals surface area (Å²) in [6.45, 7) is 5.98. The van der Waals surface area contributed by atoms with Crippen LogP contribution in [-0.2, 0) is 6.42 Å². The van der Waals surface area contributed by atoms with Crippen LogP contribution in [0.25, 0.3) is 0 Å². The summed E-state index contributed by atoms with van der Waals surface area (Å²) in [4.78, 5) is 9.99. The molecule has 0 spiro atoms. The SMILES string of the molecule is CCN1CCC(Cc2ncc[nH]2)CC1. The number of imidazole rings is 1. The zero-order valence-electron chi connectivity index (χ0n) is 8.87. The smallest absolute Gasteiger partial charge is 0.106 e. The minimum atomic E-state index is 0.837. The Labute approximate surface area is 85.5 Å². The van der Waals surface area contributed by atoms with Crippen LogP contribution in [0.3, 0.4) is 0 Å². The van der Waals surface area contributed by atoms with Gasteiger partial charge in [0.25, 0.3) is 0 Å². The van der Waals surface area contributed by atoms with Crippen molar-refractivity contribution in [1.82, 2.24) is 14.9 Å². The van der Waals surface area contributed by atoms with Crippen LogP contribution < -0.4 is 0 Å². The molecule has 0 bridgehead atoms. The Kier molecular flexibility index (Phi) is 3.19. The van der Waals surface area contributed by atoms with Crippen molar-refractivity contribution in [2.24, 2.45) is 5.92 Å². The molecule has 0 radical (unpaired) electrons. The van der Waals surface area contributed by atoms with Gasteiger partial charge < -0.3 is 9.88 Å². The molecule has 0 amide bonds. The van der Waals surface area contributed by atoms with Crippen molar-refractivity contribution in [3.8, 4) is 0 Å². The normalized spacial score (nSPS) is 20.1. The van der Waals surface area contributed by atoms with Gasteiger partial charge in [-0.25, -0.2) is 4.98 Å². The number of rotatable bonds is 3. The van der Waals surface area contributed by atoms with Gasteiger partial charge in [0.2, 0.25) is 0 Å². The van der Waals surface area contributed by atoms with Crippen LogP contribution in [0.4, 0.5) is 0 Å². The molecule has 1 aromatic heterocycles. The molecule has 2 heterocycles. The highest BCUT2D eigenvalue weighted by atomic mass is 15.1. The summed E-state index contributed by atoms with van der Waals surface area (Å²) >= 11 is 0. The lowest BCUT2D eigenvalue weighted by Crippen LogP contribution is -2.34. The van der Waals surface area contributed by atoms with Gasteiger partial charge in [-0.05, 0) is 38.4 Å². The average Bonchev–Trinajstić information content (AvgIpc) is 2.72. The predicted molar refractivity (Wildman–Crippen MR) is 57.1 cm³/mol. The molecule has 3 nitrogen and oxygen atoms in total. The van der Waals surface area contributed by atoms with Gasteiger partial charge in [0.15, 0.2) is 0 Å². The fraction of sp³-hybridized carbons (Fsp3) is 0.727. The zero-order chi connectivity index (χ0) is 9.80. The average molecular weight is 193 g/mol. The topological polar surface area (TPSA) is 31.9 Å². The van der Waals surface area contributed by atoms with Gasteiger partial charge in [-0.1, -0.05) is 6.92 Å². The highest BCUT2D eigenvalue weighted by Crippen LogP contribution is 2.19. The molecule has 2 rings (SSSR count). The van der Waals surface area contributed by atoms with Crippen molar-refractivity contribution < 1.29 is 0 Å². The number of likely N-dealkylation sites (tertiary alicyclic amines) is 1. The van der Waals surface area contributed by atoms with Crippen molar-refractivity contribution >= 4 is 0 Å². The Balaban J connectivity index is 1.79. The minimum Gasteiger partial charge on any atom is -0.349 e. The maximum atomic E-state index is 4.28. The number of aromatic amines is 1. The first-order valence-corrected chi connectivity index (χ1v) is 5.59. The van der Waals surface area contributed by atoms with Crippen LogP contribution in [0.2, 0.25) is 0 Å². The van der Waals surface area contributed by atoms with E-state index in [4.69, 9.17) is 0 Å². The molecule has 1 saturated heterocycles. The van der Waals surface area contributed by atoms with Crippen LogP contribution in [0.5, 0.6) is 0 Å². The molecule has 14 heavy (non-hydrogen) atoms. The van der Waals surface area contributed by atoms with E-state index in [1.54, 1.807) is 0 Å². The third-order valence-corrected chi connectivity index (χ3v) is 3.19. The van der Waals surface area contributed by atoms with Gasteiger partial charge in [0.1, 0.15) is 5.82 Å². The van der Waals surface area contributed by atoms with Gasteiger partial charge in [-0.2, -0.15) is 0 Å². The number of hydrogen-bond acceptors (Lipinski definition) is 2. The zero-order valence-corrected chi connectivity index (χ0v) is 8.87. The van der Waals surface area contributed by atoms with Crippen molar-refractivity contribution in [3.05, 3.63) is 18.2 Å². The highest BCUT2D eigenvalue weighted by molar-refractivity contribution is 4.90. The summed E-state index contributed by atoms with van der Waals surface area (Å²) in [6.07, 6.45) is 7.54. The van der Waals surface area contributed by atoms with E-state index in [9.17, 15) is 0 Å². The molecule has 0 unspecified atom stereocenters. The van der Waals surface area contributed by atoms with Gasteiger partial charge >= 0.3 is 0 Å². The Bertz CT molecular complexity index is 248. The number of hydrogen-bond donors (Lipinski definition) is 1. The van der Waals surface area contributed by atoms with Gasteiger partial charge in [0.05, 0.1) is 0 Å². The maximum absolute atomic E-state index is 4.28. The molecule has 1 N–H and O–H groups in total. The third kappa shape index (κ3) is 2.35. The number of nitrogens with one attached hydrogen (secondary N) is 1. The van der Waals surface area contributed by atoms with Crippen molar-refractivity contribution in [3.63, 3.8) is 0 Å². The summed E-state index contributed by atoms with van der Waals surface area (Å²) in [5, 5.41) is 0. The van der Waals surface area contributed by atoms with Gasteiger partial charge in [0, 0.05) is 18.8 Å². The van der Waals surface area contributed by atoms with E-state index < -0.39 is 0 Å². The Morgan fingerprint density at radius 2 is 2.29 bits per heavy atom. The Morgan fingerprint density at radius 1 is 1.50 bits per heavy atom. The van der Waals surface area contributed by atoms with Crippen LogP contribution in [0.1, 0.15) is 25.6 Å². The second kappa shape index (κ2) is 4.60. The monoisotopic (exact) mass is 193 g/mol. The summed E-state index contributed by atoms with van der Waals surface area (Å²) in [5.74, 6) is 1.99. The lowest BCUT2D eigenvalue weighted by atomic mass is 9.93. The van der Waals surface area contributed by atoms with E-state index in [1.165, 1.54) is 32.5 Å². The summed E-state index contributed by atoms with van der Waals surface area (Å²) in [7, 11) is 0. The first kappa shape index (κ1) is 9.71. The third-order valence-electron chi connectivity index (χ3n) is 3.19. The number of H-pyrrole nitrogens is 1. The van der Waals surface area contributed by atoms with E-state index in [1.807, 2.05) is 12.4 Å². The van der Waals surface area contributed by atoms with E-state index >= 15 is 0 Å². The molecule has 1 aliphatic heterocycles. The van der Waals surface area contributed by atoms with E-state index in [-0.39, 0.29) is 0 Å². The molecular weight excluding hydrogens is 174 g/mol. The van der Waals surface area contributed by atoms with Crippen molar-refractivity contribution in [1.29, 1.82) is 0 Å². The van der Waals surface area contributed by atoms with Crippen molar-refractivity contribution in [2.75, 3.05) is 19.6 Å². The number of piperidine rings is 1. The van der Waals surface area contributed by atoms with E-state index in [0.717, 1.165) is 18.2 Å². The van der Waals surface area contributed by atoms with E-state index in [2.05, 4.69) is 21.8 Å². The quantitative estimate of drug-likeness (QED) is 0.792. The first-order valence-electron chi connectivity index (χ1n) is 5.59. The molecule has 1 aliphatic rings. The fourth-order valence-corrected chi connectivity index (χ4v) is 2.19. The number of nitrogens with zero attached hydrogens (tertiary/aromatic N) is 2. The van der Waals surface area contributed by atoms with Crippen molar-refractivity contribution in [2.45, 2.75) is 26.2 Å². The predicted octanol–water partition coefficient (Wildman–Crippen LogP) is 1.68. The second-order valence-electron chi connectivity index (χ2n) is 4.12. The van der Waals surface area contributed by atoms with Crippen LogP contribution >= 0.6 is 0 Å². The standard InChI is InChI=1S/C11H19N3/c1-2-14-7-3-10(4-8-14)9-11-12-5-6-13-11/h5-6,10H,2-4,7-9H2,1H3,(H,12,13). The van der Waals surface area contributed by atoms with Crippen LogP contribution in [0, 0.1) is 5.92 Å². The lowest BCUT2D eigenvalue weighted by molar-refractivity contribution is 0.191. The van der Waals surface area contributed by atoms with Gasteiger partial charge in [-0.15, -0.1) is 0 Å². The Hall–Kier alpha value is -0.830. The van der Waals surface area contributed by atoms with Gasteiger partial charge in [-0.3, -0.25) is 0 Å². The molecule has 1 aromatic rings. The second-order valence-corrected chi connectivity index (χ2v) is 4.12. The lowest BCUT2D eigenvalue weighted by Gasteiger charge is -2.30. The Morgan fingerprint density at radius 3 is 2.86 bits per heavy atom. The van der Waals surface area contributed by atoms with Crippen LogP contribution in [-0.4, -0.2) is 34.5 Å². The molecule has 78 valence electrons. The summed E-state index contributed by atoms with van der Waals surface area (Å²) < 4.78 is 0. The molecule has 0 atom stereocenters.